The predicted molar refractivity (Wildman–Crippen MR) is 106 cm³/mol. The second kappa shape index (κ2) is 8.25. The zero-order chi connectivity index (χ0) is 18.5. The molecule has 1 atom stereocenters. The first-order valence-corrected chi connectivity index (χ1v) is 9.12. The normalized spacial score (nSPS) is 16.7. The molecule has 1 aliphatic heterocycles. The maximum absolute atomic E-state index is 14.7. The van der Waals surface area contributed by atoms with Crippen molar-refractivity contribution >= 4 is 11.4 Å². The molecule has 4 heteroatoms. The van der Waals surface area contributed by atoms with E-state index in [9.17, 15) is 4.39 Å². The summed E-state index contributed by atoms with van der Waals surface area (Å²) in [6, 6.07) is 25.0. The van der Waals surface area contributed by atoms with Crippen molar-refractivity contribution in [3.63, 3.8) is 0 Å². The maximum atomic E-state index is 14.7. The minimum Gasteiger partial charge on any atom is -0.371 e. The van der Waals surface area contributed by atoms with E-state index >= 15 is 0 Å². The Morgan fingerprint density at radius 1 is 0.926 bits per heavy atom. The molecule has 0 aromatic heterocycles. The van der Waals surface area contributed by atoms with Crippen molar-refractivity contribution in [3.8, 4) is 0 Å². The summed E-state index contributed by atoms with van der Waals surface area (Å²) in [4.78, 5) is 4.77. The number of ether oxygens (including phenoxy) is 1. The van der Waals surface area contributed by atoms with Gasteiger partial charge in [0, 0.05) is 29.8 Å². The second-order valence-electron chi connectivity index (χ2n) is 6.46. The lowest BCUT2D eigenvalue weighted by Gasteiger charge is -2.24. The van der Waals surface area contributed by atoms with E-state index < -0.39 is 0 Å². The number of nitrogens with one attached hydrogen (secondary N) is 1. The van der Waals surface area contributed by atoms with Gasteiger partial charge < -0.3 is 10.1 Å². The van der Waals surface area contributed by atoms with Crippen LogP contribution in [0.25, 0.3) is 0 Å². The van der Waals surface area contributed by atoms with Crippen LogP contribution < -0.4 is 5.32 Å². The number of benzene rings is 3. The van der Waals surface area contributed by atoms with Gasteiger partial charge in [-0.2, -0.15) is 0 Å². The maximum Gasteiger partial charge on any atom is 0.131 e. The number of morpholine rings is 1. The van der Waals surface area contributed by atoms with Crippen molar-refractivity contribution in [2.75, 3.05) is 19.7 Å². The molecule has 1 aliphatic rings. The Morgan fingerprint density at radius 2 is 1.59 bits per heavy atom. The molecule has 1 N–H and O–H groups in total. The van der Waals surface area contributed by atoms with Crippen LogP contribution in [0.3, 0.4) is 0 Å². The van der Waals surface area contributed by atoms with Crippen LogP contribution in [-0.2, 0) is 4.74 Å². The fourth-order valence-corrected chi connectivity index (χ4v) is 3.23. The second-order valence-corrected chi connectivity index (χ2v) is 6.46. The predicted octanol–water partition coefficient (Wildman–Crippen LogP) is 4.66. The van der Waals surface area contributed by atoms with E-state index in [1.807, 2.05) is 66.7 Å². The van der Waals surface area contributed by atoms with Crippen LogP contribution in [0, 0.1) is 5.82 Å². The minimum atomic E-state index is -0.287. The monoisotopic (exact) mass is 360 g/mol. The first-order chi connectivity index (χ1) is 13.3. The lowest BCUT2D eigenvalue weighted by Crippen LogP contribution is -2.33. The number of hydrogen-bond donors (Lipinski definition) is 1. The molecule has 27 heavy (non-hydrogen) atoms. The highest BCUT2D eigenvalue weighted by Crippen LogP contribution is 2.26. The Hall–Kier alpha value is -2.82. The summed E-state index contributed by atoms with van der Waals surface area (Å²) in [6.45, 7) is 2.02. The summed E-state index contributed by atoms with van der Waals surface area (Å²) in [6.07, 6.45) is -0.250. The quantitative estimate of drug-likeness (QED) is 0.687. The number of aliphatic imine (C=N–C) groups is 1. The molecule has 1 saturated heterocycles. The molecule has 0 saturated carbocycles. The van der Waals surface area contributed by atoms with Gasteiger partial charge >= 0.3 is 0 Å². The highest BCUT2D eigenvalue weighted by molar-refractivity contribution is 6.13. The molecular formula is C23H21FN2O. The summed E-state index contributed by atoms with van der Waals surface area (Å²) < 4.78 is 20.4. The van der Waals surface area contributed by atoms with E-state index in [0.717, 1.165) is 23.4 Å². The van der Waals surface area contributed by atoms with Crippen LogP contribution in [0.1, 0.15) is 22.8 Å². The van der Waals surface area contributed by atoms with Crippen LogP contribution >= 0.6 is 0 Å². The Labute approximate surface area is 158 Å². The molecule has 0 amide bonds. The first kappa shape index (κ1) is 17.6. The molecule has 4 rings (SSSR count). The third kappa shape index (κ3) is 4.13. The summed E-state index contributed by atoms with van der Waals surface area (Å²) in [7, 11) is 0. The summed E-state index contributed by atoms with van der Waals surface area (Å²) in [5.41, 5.74) is 3.96. The number of halogens is 1. The van der Waals surface area contributed by atoms with Gasteiger partial charge in [0.05, 0.1) is 24.1 Å². The molecule has 0 bridgehead atoms. The van der Waals surface area contributed by atoms with Gasteiger partial charge in [-0.05, 0) is 12.1 Å². The van der Waals surface area contributed by atoms with E-state index in [4.69, 9.17) is 9.73 Å². The van der Waals surface area contributed by atoms with Gasteiger partial charge in [-0.15, -0.1) is 0 Å². The minimum absolute atomic E-state index is 0.250. The van der Waals surface area contributed by atoms with Crippen molar-refractivity contribution in [3.05, 3.63) is 101 Å². The standard InChI is InChI=1S/C23H21FN2O/c24-21-15-19(11-12-20(21)22-16-25-13-14-27-22)26-23(17-7-3-1-4-8-17)18-9-5-2-6-10-18/h1-12,15,22,25H,13-14,16H2. The van der Waals surface area contributed by atoms with E-state index in [1.54, 1.807) is 6.07 Å². The Bertz CT molecular complexity index is 878. The SMILES string of the molecule is Fc1cc(N=C(c2ccccc2)c2ccccc2)ccc1C1CNCCO1. The fraction of sp³-hybridized carbons (Fsp3) is 0.174. The molecule has 1 fully saturated rings. The Kier molecular flexibility index (Phi) is 5.37. The zero-order valence-corrected chi connectivity index (χ0v) is 14.9. The molecule has 0 spiro atoms. The molecule has 1 heterocycles. The smallest absolute Gasteiger partial charge is 0.131 e. The van der Waals surface area contributed by atoms with Gasteiger partial charge in [-0.3, -0.25) is 0 Å². The van der Waals surface area contributed by atoms with Gasteiger partial charge in [0.15, 0.2) is 0 Å². The van der Waals surface area contributed by atoms with E-state index in [-0.39, 0.29) is 11.9 Å². The van der Waals surface area contributed by atoms with Crippen molar-refractivity contribution in [2.45, 2.75) is 6.10 Å². The highest BCUT2D eigenvalue weighted by atomic mass is 19.1. The average Bonchev–Trinajstić information content (AvgIpc) is 2.74. The van der Waals surface area contributed by atoms with Gasteiger partial charge in [0.1, 0.15) is 5.82 Å². The molecule has 3 nitrogen and oxygen atoms in total. The van der Waals surface area contributed by atoms with Gasteiger partial charge in [-0.25, -0.2) is 9.38 Å². The zero-order valence-electron chi connectivity index (χ0n) is 14.9. The highest BCUT2D eigenvalue weighted by Gasteiger charge is 2.19. The van der Waals surface area contributed by atoms with Gasteiger partial charge in [0.25, 0.3) is 0 Å². The third-order valence-corrected chi connectivity index (χ3v) is 4.59. The summed E-state index contributed by atoms with van der Waals surface area (Å²) in [5.74, 6) is -0.287. The van der Waals surface area contributed by atoms with Crippen LogP contribution in [-0.4, -0.2) is 25.4 Å². The summed E-state index contributed by atoms with van der Waals surface area (Å²) in [5, 5.41) is 3.23. The molecular weight excluding hydrogens is 339 g/mol. The van der Waals surface area contributed by atoms with Gasteiger partial charge in [-0.1, -0.05) is 66.7 Å². The molecule has 3 aromatic rings. The van der Waals surface area contributed by atoms with Crippen LogP contribution in [0.2, 0.25) is 0 Å². The lowest BCUT2D eigenvalue weighted by molar-refractivity contribution is 0.0255. The number of hydrogen-bond acceptors (Lipinski definition) is 3. The van der Waals surface area contributed by atoms with E-state index in [1.165, 1.54) is 6.07 Å². The average molecular weight is 360 g/mol. The van der Waals surface area contributed by atoms with Crippen molar-refractivity contribution < 1.29 is 9.13 Å². The summed E-state index contributed by atoms with van der Waals surface area (Å²) >= 11 is 0. The Balaban J connectivity index is 1.71. The van der Waals surface area contributed by atoms with E-state index in [0.29, 0.717) is 24.4 Å². The topological polar surface area (TPSA) is 33.6 Å². The number of nitrogens with zero attached hydrogens (tertiary/aromatic N) is 1. The lowest BCUT2D eigenvalue weighted by atomic mass is 10.0. The fourth-order valence-electron chi connectivity index (χ4n) is 3.23. The molecule has 0 radical (unpaired) electrons. The molecule has 1 unspecified atom stereocenters. The van der Waals surface area contributed by atoms with Crippen molar-refractivity contribution in [2.24, 2.45) is 4.99 Å². The van der Waals surface area contributed by atoms with Gasteiger partial charge in [0.2, 0.25) is 0 Å². The van der Waals surface area contributed by atoms with E-state index in [2.05, 4.69) is 5.32 Å². The third-order valence-electron chi connectivity index (χ3n) is 4.59. The van der Waals surface area contributed by atoms with Crippen LogP contribution in [0.15, 0.2) is 83.9 Å². The largest absolute Gasteiger partial charge is 0.371 e. The number of rotatable bonds is 4. The van der Waals surface area contributed by atoms with Crippen molar-refractivity contribution in [1.82, 2.24) is 5.32 Å². The molecule has 0 aliphatic carbocycles. The molecule has 3 aromatic carbocycles. The van der Waals surface area contributed by atoms with Crippen LogP contribution in [0.4, 0.5) is 10.1 Å². The van der Waals surface area contributed by atoms with Crippen molar-refractivity contribution in [1.29, 1.82) is 0 Å². The van der Waals surface area contributed by atoms with Crippen LogP contribution in [0.5, 0.6) is 0 Å². The first-order valence-electron chi connectivity index (χ1n) is 9.12. The molecule has 136 valence electrons. The Morgan fingerprint density at radius 3 is 2.15 bits per heavy atom.